The average Bonchev–Trinajstić information content (AvgIpc) is 3.03. The van der Waals surface area contributed by atoms with E-state index >= 15 is 0 Å². The maximum Gasteiger partial charge on any atom is 0.222 e. The number of halogens is 1. The fourth-order valence-corrected chi connectivity index (χ4v) is 3.53. The summed E-state index contributed by atoms with van der Waals surface area (Å²) in [5.41, 5.74) is 1.53. The van der Waals surface area contributed by atoms with Gasteiger partial charge >= 0.3 is 0 Å². The van der Waals surface area contributed by atoms with Crippen LogP contribution in [0, 0.1) is 0 Å². The molecule has 1 aliphatic rings. The third-order valence-electron chi connectivity index (χ3n) is 3.79. The Labute approximate surface area is 130 Å². The van der Waals surface area contributed by atoms with Crippen LogP contribution >= 0.6 is 27.3 Å². The summed E-state index contributed by atoms with van der Waals surface area (Å²) in [7, 11) is 0. The van der Waals surface area contributed by atoms with Gasteiger partial charge in [0.2, 0.25) is 5.95 Å². The van der Waals surface area contributed by atoms with Gasteiger partial charge in [-0.05, 0) is 51.2 Å². The Hall–Kier alpha value is -0.980. The van der Waals surface area contributed by atoms with Crippen LogP contribution in [0.4, 0.5) is 5.95 Å². The lowest BCUT2D eigenvalue weighted by molar-refractivity contribution is 0.0545. The lowest BCUT2D eigenvalue weighted by Crippen LogP contribution is -2.40. The van der Waals surface area contributed by atoms with E-state index in [4.69, 9.17) is 4.74 Å². The molecule has 0 bridgehead atoms. The van der Waals surface area contributed by atoms with Crippen molar-refractivity contribution >= 4 is 33.2 Å². The van der Waals surface area contributed by atoms with Crippen molar-refractivity contribution in [2.75, 3.05) is 25.1 Å². The number of rotatable bonds is 4. The number of nitrogens with zero attached hydrogens (tertiary/aromatic N) is 2. The molecular formula is C14H16BrN3OS. The Balaban J connectivity index is 1.75. The summed E-state index contributed by atoms with van der Waals surface area (Å²) < 4.78 is 6.42. The molecule has 0 unspecified atom stereocenters. The number of hydrogen-bond acceptors (Lipinski definition) is 5. The highest BCUT2D eigenvalue weighted by molar-refractivity contribution is 9.10. The third kappa shape index (κ3) is 3.02. The summed E-state index contributed by atoms with van der Waals surface area (Å²) >= 11 is 5.10. The maximum atomic E-state index is 5.53. The van der Waals surface area contributed by atoms with Crippen LogP contribution in [-0.2, 0) is 10.2 Å². The zero-order chi connectivity index (χ0) is 13.8. The maximum absolute atomic E-state index is 5.53. The van der Waals surface area contributed by atoms with Gasteiger partial charge in [-0.2, -0.15) is 11.3 Å². The Kier molecular flexibility index (Phi) is 4.33. The van der Waals surface area contributed by atoms with Crippen molar-refractivity contribution in [3.63, 3.8) is 0 Å². The lowest BCUT2D eigenvalue weighted by atomic mass is 9.75. The van der Waals surface area contributed by atoms with Gasteiger partial charge in [0.1, 0.15) is 0 Å². The molecule has 4 nitrogen and oxygen atoms in total. The van der Waals surface area contributed by atoms with Gasteiger partial charge in [0.25, 0.3) is 0 Å². The minimum absolute atomic E-state index is 0.134. The van der Waals surface area contributed by atoms with Crippen molar-refractivity contribution < 1.29 is 4.74 Å². The number of anilines is 1. The Morgan fingerprint density at radius 2 is 2.05 bits per heavy atom. The fraction of sp³-hybridized carbons (Fsp3) is 0.429. The van der Waals surface area contributed by atoms with Gasteiger partial charge in [-0.3, -0.25) is 0 Å². The summed E-state index contributed by atoms with van der Waals surface area (Å²) in [6.45, 7) is 2.48. The monoisotopic (exact) mass is 353 g/mol. The first kappa shape index (κ1) is 14.0. The van der Waals surface area contributed by atoms with Crippen molar-refractivity contribution in [1.29, 1.82) is 0 Å². The molecule has 1 fully saturated rings. The highest BCUT2D eigenvalue weighted by Gasteiger charge is 2.34. The normalized spacial score (nSPS) is 17.9. The second-order valence-corrected chi connectivity index (χ2v) is 6.68. The standard InChI is InChI=1S/C14H16BrN3OS/c15-12-7-16-13(17-8-12)18-10-14(2-4-19-5-3-14)11-1-6-20-9-11/h1,6-9H,2-5,10H2,(H,16,17,18). The van der Waals surface area contributed by atoms with E-state index in [0.717, 1.165) is 37.1 Å². The Bertz CT molecular complexity index is 538. The molecule has 3 rings (SSSR count). The minimum Gasteiger partial charge on any atom is -0.381 e. The first-order valence-corrected chi connectivity index (χ1v) is 8.34. The highest BCUT2D eigenvalue weighted by atomic mass is 79.9. The number of nitrogens with one attached hydrogen (secondary N) is 1. The summed E-state index contributed by atoms with van der Waals surface area (Å²) in [4.78, 5) is 8.55. The molecule has 0 amide bonds. The van der Waals surface area contributed by atoms with Crippen LogP contribution in [0.5, 0.6) is 0 Å². The first-order chi connectivity index (χ1) is 9.78. The molecule has 0 radical (unpaired) electrons. The number of hydrogen-bond donors (Lipinski definition) is 1. The van der Waals surface area contributed by atoms with Gasteiger partial charge in [0, 0.05) is 37.6 Å². The molecule has 0 spiro atoms. The largest absolute Gasteiger partial charge is 0.381 e. The van der Waals surface area contributed by atoms with E-state index in [2.05, 4.69) is 48.0 Å². The van der Waals surface area contributed by atoms with E-state index in [1.54, 1.807) is 23.7 Å². The van der Waals surface area contributed by atoms with Gasteiger partial charge in [0.05, 0.1) is 4.47 Å². The molecule has 0 aromatic carbocycles. The summed E-state index contributed by atoms with van der Waals surface area (Å²) in [5, 5.41) is 7.76. The predicted octanol–water partition coefficient (Wildman–Crippen LogP) is 3.46. The van der Waals surface area contributed by atoms with E-state index in [9.17, 15) is 0 Å². The van der Waals surface area contributed by atoms with Gasteiger partial charge < -0.3 is 10.1 Å². The molecule has 1 N–H and O–H groups in total. The molecule has 20 heavy (non-hydrogen) atoms. The lowest BCUT2D eigenvalue weighted by Gasteiger charge is -2.37. The van der Waals surface area contributed by atoms with Crippen LogP contribution in [0.15, 0.2) is 33.7 Å². The fourth-order valence-electron chi connectivity index (χ4n) is 2.55. The van der Waals surface area contributed by atoms with Gasteiger partial charge in [-0.1, -0.05) is 0 Å². The Morgan fingerprint density at radius 3 is 2.70 bits per heavy atom. The van der Waals surface area contributed by atoms with E-state index in [1.807, 2.05) is 0 Å². The van der Waals surface area contributed by atoms with E-state index in [-0.39, 0.29) is 5.41 Å². The molecule has 106 valence electrons. The van der Waals surface area contributed by atoms with Crippen LogP contribution in [-0.4, -0.2) is 29.7 Å². The highest BCUT2D eigenvalue weighted by Crippen LogP contribution is 2.36. The van der Waals surface area contributed by atoms with Crippen LogP contribution in [0.25, 0.3) is 0 Å². The van der Waals surface area contributed by atoms with Crippen molar-refractivity contribution in [3.05, 3.63) is 39.3 Å². The topological polar surface area (TPSA) is 47.0 Å². The minimum atomic E-state index is 0.134. The Morgan fingerprint density at radius 1 is 1.30 bits per heavy atom. The quantitative estimate of drug-likeness (QED) is 0.914. The van der Waals surface area contributed by atoms with Crippen LogP contribution in [0.2, 0.25) is 0 Å². The van der Waals surface area contributed by atoms with Crippen molar-refractivity contribution in [2.24, 2.45) is 0 Å². The molecular weight excluding hydrogens is 338 g/mol. The smallest absolute Gasteiger partial charge is 0.222 e. The van der Waals surface area contributed by atoms with Gasteiger partial charge in [-0.25, -0.2) is 9.97 Å². The SMILES string of the molecule is Brc1cnc(NCC2(c3ccsc3)CCOCC2)nc1. The molecule has 1 saturated heterocycles. The van der Waals surface area contributed by atoms with Crippen LogP contribution in [0.1, 0.15) is 18.4 Å². The predicted molar refractivity (Wildman–Crippen MR) is 84.3 cm³/mol. The van der Waals surface area contributed by atoms with E-state index < -0.39 is 0 Å². The summed E-state index contributed by atoms with van der Waals surface area (Å²) in [5.74, 6) is 0.675. The molecule has 0 aliphatic carbocycles. The van der Waals surface area contributed by atoms with Crippen molar-refractivity contribution in [2.45, 2.75) is 18.3 Å². The second kappa shape index (κ2) is 6.20. The summed E-state index contributed by atoms with van der Waals surface area (Å²) in [6, 6.07) is 2.22. The number of aromatic nitrogens is 2. The zero-order valence-corrected chi connectivity index (χ0v) is 13.4. The molecule has 0 atom stereocenters. The van der Waals surface area contributed by atoms with Gasteiger partial charge in [0.15, 0.2) is 0 Å². The summed E-state index contributed by atoms with van der Waals surface area (Å²) in [6.07, 6.45) is 5.59. The third-order valence-corrected chi connectivity index (χ3v) is 4.88. The molecule has 3 heterocycles. The number of thiophene rings is 1. The van der Waals surface area contributed by atoms with E-state index in [0.29, 0.717) is 5.95 Å². The second-order valence-electron chi connectivity index (χ2n) is 4.98. The molecule has 6 heteroatoms. The van der Waals surface area contributed by atoms with Crippen LogP contribution in [0.3, 0.4) is 0 Å². The average molecular weight is 354 g/mol. The van der Waals surface area contributed by atoms with Crippen molar-refractivity contribution in [3.8, 4) is 0 Å². The first-order valence-electron chi connectivity index (χ1n) is 6.60. The van der Waals surface area contributed by atoms with Crippen molar-refractivity contribution in [1.82, 2.24) is 9.97 Å². The number of ether oxygens (including phenoxy) is 1. The molecule has 1 aliphatic heterocycles. The molecule has 2 aromatic rings. The zero-order valence-electron chi connectivity index (χ0n) is 11.0. The van der Waals surface area contributed by atoms with Gasteiger partial charge in [-0.15, -0.1) is 0 Å². The molecule has 2 aromatic heterocycles. The molecule has 0 saturated carbocycles. The van der Waals surface area contributed by atoms with Crippen LogP contribution < -0.4 is 5.32 Å². The van der Waals surface area contributed by atoms with E-state index in [1.165, 1.54) is 5.56 Å².